The molecule has 2 aromatic rings. The van der Waals surface area contributed by atoms with E-state index >= 15 is 0 Å². The van der Waals surface area contributed by atoms with Gasteiger partial charge in [0.2, 0.25) is 0 Å². The topological polar surface area (TPSA) is 0 Å². The predicted octanol–water partition coefficient (Wildman–Crippen LogP) is 5.25. The van der Waals surface area contributed by atoms with Gasteiger partial charge in [-0.2, -0.15) is 13.2 Å². The van der Waals surface area contributed by atoms with Crippen LogP contribution in [-0.2, 0) is 6.18 Å². The van der Waals surface area contributed by atoms with Crippen LogP contribution in [0.5, 0.6) is 0 Å². The first-order valence-corrected chi connectivity index (χ1v) is 6.74. The standard InChI is InChI=1S/C18H15F3/c1-2-15(9-8-14-6-4-3-5-7-14)16-10-12-17(13-11-16)18(19,20)21/h3-7,10-13,15H,2H2,1H3/t15-/m0/s1. The SMILES string of the molecule is CC[C@@H](C#Cc1ccccc1)c1ccc(C(F)(F)F)cc1. The summed E-state index contributed by atoms with van der Waals surface area (Å²) in [5.41, 5.74) is 1.09. The summed E-state index contributed by atoms with van der Waals surface area (Å²) in [7, 11) is 0. The summed E-state index contributed by atoms with van der Waals surface area (Å²) < 4.78 is 37.6. The van der Waals surface area contributed by atoms with Gasteiger partial charge in [-0.05, 0) is 36.2 Å². The first kappa shape index (κ1) is 15.2. The summed E-state index contributed by atoms with van der Waals surface area (Å²) in [6.07, 6.45) is -3.54. The molecule has 0 saturated heterocycles. The first-order chi connectivity index (χ1) is 10.0. The van der Waals surface area contributed by atoms with E-state index in [4.69, 9.17) is 0 Å². The Morgan fingerprint density at radius 2 is 1.57 bits per heavy atom. The van der Waals surface area contributed by atoms with Crippen LogP contribution in [0.15, 0.2) is 54.6 Å². The second-order valence-electron chi connectivity index (χ2n) is 4.72. The summed E-state index contributed by atoms with van der Waals surface area (Å²) in [5, 5.41) is 0. The second kappa shape index (κ2) is 6.49. The van der Waals surface area contributed by atoms with Crippen molar-refractivity contribution in [3.63, 3.8) is 0 Å². The van der Waals surface area contributed by atoms with Crippen LogP contribution in [-0.4, -0.2) is 0 Å². The molecule has 0 aliphatic rings. The minimum Gasteiger partial charge on any atom is -0.166 e. The summed E-state index contributed by atoms with van der Waals surface area (Å²) in [6, 6.07) is 14.8. The van der Waals surface area contributed by atoms with E-state index in [2.05, 4.69) is 11.8 Å². The quantitative estimate of drug-likeness (QED) is 0.662. The van der Waals surface area contributed by atoms with Crippen LogP contribution in [0.25, 0.3) is 0 Å². The highest BCUT2D eigenvalue weighted by molar-refractivity contribution is 5.38. The van der Waals surface area contributed by atoms with E-state index in [9.17, 15) is 13.2 Å². The lowest BCUT2D eigenvalue weighted by Gasteiger charge is -2.11. The van der Waals surface area contributed by atoms with Crippen molar-refractivity contribution in [2.45, 2.75) is 25.4 Å². The van der Waals surface area contributed by atoms with E-state index in [1.165, 1.54) is 12.1 Å². The van der Waals surface area contributed by atoms with Crippen LogP contribution in [0.2, 0.25) is 0 Å². The van der Waals surface area contributed by atoms with Crippen molar-refractivity contribution >= 4 is 0 Å². The molecule has 0 N–H and O–H groups in total. The van der Waals surface area contributed by atoms with Gasteiger partial charge in [-0.25, -0.2) is 0 Å². The highest BCUT2D eigenvalue weighted by Gasteiger charge is 2.30. The first-order valence-electron chi connectivity index (χ1n) is 6.74. The van der Waals surface area contributed by atoms with Crippen molar-refractivity contribution in [3.05, 3.63) is 71.3 Å². The van der Waals surface area contributed by atoms with Crippen molar-refractivity contribution in [2.75, 3.05) is 0 Å². The minimum atomic E-state index is -4.30. The number of hydrogen-bond donors (Lipinski definition) is 0. The van der Waals surface area contributed by atoms with Gasteiger partial charge in [0.1, 0.15) is 0 Å². The van der Waals surface area contributed by atoms with Gasteiger partial charge in [0, 0.05) is 11.5 Å². The fourth-order valence-electron chi connectivity index (χ4n) is 2.02. The molecule has 0 heterocycles. The maximum absolute atomic E-state index is 12.5. The fraction of sp³-hybridized carbons (Fsp3) is 0.222. The maximum Gasteiger partial charge on any atom is 0.416 e. The minimum absolute atomic E-state index is 0.0625. The van der Waals surface area contributed by atoms with E-state index in [0.29, 0.717) is 0 Å². The maximum atomic E-state index is 12.5. The molecule has 1 atom stereocenters. The molecule has 0 amide bonds. The molecule has 0 aliphatic carbocycles. The van der Waals surface area contributed by atoms with Crippen molar-refractivity contribution in [3.8, 4) is 11.8 Å². The lowest BCUT2D eigenvalue weighted by Crippen LogP contribution is -2.05. The van der Waals surface area contributed by atoms with Crippen LogP contribution in [0.4, 0.5) is 13.2 Å². The molecule has 0 nitrogen and oxygen atoms in total. The van der Waals surface area contributed by atoms with E-state index in [1.54, 1.807) is 0 Å². The lowest BCUT2D eigenvalue weighted by molar-refractivity contribution is -0.137. The third-order valence-corrected chi connectivity index (χ3v) is 3.21. The summed E-state index contributed by atoms with van der Waals surface area (Å²) >= 11 is 0. The van der Waals surface area contributed by atoms with E-state index < -0.39 is 11.7 Å². The second-order valence-corrected chi connectivity index (χ2v) is 4.72. The number of alkyl halides is 3. The van der Waals surface area contributed by atoms with Crippen LogP contribution in [0, 0.1) is 11.8 Å². The average Bonchev–Trinajstić information content (AvgIpc) is 2.48. The number of hydrogen-bond acceptors (Lipinski definition) is 0. The van der Waals surface area contributed by atoms with E-state index in [0.717, 1.165) is 29.7 Å². The van der Waals surface area contributed by atoms with Gasteiger partial charge < -0.3 is 0 Å². The third kappa shape index (κ3) is 4.13. The Labute approximate surface area is 122 Å². The van der Waals surface area contributed by atoms with Crippen LogP contribution < -0.4 is 0 Å². The molecular formula is C18H15F3. The summed E-state index contributed by atoms with van der Waals surface area (Å²) in [4.78, 5) is 0. The molecule has 0 fully saturated rings. The largest absolute Gasteiger partial charge is 0.416 e. The monoisotopic (exact) mass is 288 g/mol. The Bertz CT molecular complexity index is 628. The smallest absolute Gasteiger partial charge is 0.166 e. The zero-order valence-corrected chi connectivity index (χ0v) is 11.6. The van der Waals surface area contributed by atoms with E-state index in [1.807, 2.05) is 37.3 Å². The normalized spacial score (nSPS) is 12.4. The van der Waals surface area contributed by atoms with Crippen molar-refractivity contribution in [2.24, 2.45) is 0 Å². The molecule has 0 bridgehead atoms. The van der Waals surface area contributed by atoms with Crippen molar-refractivity contribution in [1.29, 1.82) is 0 Å². The fourth-order valence-corrected chi connectivity index (χ4v) is 2.02. The van der Waals surface area contributed by atoms with Crippen molar-refractivity contribution < 1.29 is 13.2 Å². The molecule has 3 heteroatoms. The summed E-state index contributed by atoms with van der Waals surface area (Å²) in [5.74, 6) is 6.13. The molecule has 2 rings (SSSR count). The van der Waals surface area contributed by atoms with Gasteiger partial charge in [0.25, 0.3) is 0 Å². The van der Waals surface area contributed by atoms with Gasteiger partial charge in [0.15, 0.2) is 0 Å². The Balaban J connectivity index is 2.21. The Hall–Kier alpha value is -2.21. The Morgan fingerprint density at radius 1 is 0.952 bits per heavy atom. The molecule has 2 aromatic carbocycles. The van der Waals surface area contributed by atoms with Crippen molar-refractivity contribution in [1.82, 2.24) is 0 Å². The van der Waals surface area contributed by atoms with Crippen LogP contribution >= 0.6 is 0 Å². The number of rotatable bonds is 2. The predicted molar refractivity (Wildman–Crippen MR) is 77.8 cm³/mol. The zero-order valence-electron chi connectivity index (χ0n) is 11.6. The third-order valence-electron chi connectivity index (χ3n) is 3.21. The molecule has 21 heavy (non-hydrogen) atoms. The van der Waals surface area contributed by atoms with Gasteiger partial charge in [0.05, 0.1) is 5.56 Å². The molecule has 0 spiro atoms. The molecule has 0 aromatic heterocycles. The molecule has 108 valence electrons. The summed E-state index contributed by atoms with van der Waals surface area (Å²) in [6.45, 7) is 1.97. The van der Waals surface area contributed by atoms with Gasteiger partial charge >= 0.3 is 6.18 Å². The molecule has 0 unspecified atom stereocenters. The average molecular weight is 288 g/mol. The highest BCUT2D eigenvalue weighted by Crippen LogP contribution is 2.30. The van der Waals surface area contributed by atoms with Gasteiger partial charge in [-0.3, -0.25) is 0 Å². The molecular weight excluding hydrogens is 273 g/mol. The van der Waals surface area contributed by atoms with E-state index in [-0.39, 0.29) is 5.92 Å². The molecule has 0 aliphatic heterocycles. The van der Waals surface area contributed by atoms with Crippen LogP contribution in [0.1, 0.15) is 36.0 Å². The number of benzene rings is 2. The zero-order chi connectivity index (χ0) is 15.3. The molecule has 0 saturated carbocycles. The van der Waals surface area contributed by atoms with Crippen LogP contribution in [0.3, 0.4) is 0 Å². The van der Waals surface area contributed by atoms with Gasteiger partial charge in [-0.15, -0.1) is 0 Å². The Morgan fingerprint density at radius 3 is 2.10 bits per heavy atom. The highest BCUT2D eigenvalue weighted by atomic mass is 19.4. The van der Waals surface area contributed by atoms with Gasteiger partial charge in [-0.1, -0.05) is 49.1 Å². The number of halogens is 3. The lowest BCUT2D eigenvalue weighted by atomic mass is 9.95. The molecule has 0 radical (unpaired) electrons. The Kier molecular flexibility index (Phi) is 4.70.